The van der Waals surface area contributed by atoms with Gasteiger partial charge in [0.15, 0.2) is 11.7 Å². The van der Waals surface area contributed by atoms with E-state index >= 15 is 0 Å². The Morgan fingerprint density at radius 3 is 2.82 bits per heavy atom. The monoisotopic (exact) mass is 418 g/mol. The van der Waals surface area contributed by atoms with Gasteiger partial charge in [0.1, 0.15) is 17.4 Å². The molecule has 11 heteroatoms. The quantitative estimate of drug-likeness (QED) is 0.314. The summed E-state index contributed by atoms with van der Waals surface area (Å²) in [6.45, 7) is 3.72. The number of carbonyl (C=O) groups is 1. The number of carbonyl (C=O) groups excluding carboxylic acids is 1. The van der Waals surface area contributed by atoms with Gasteiger partial charge in [-0.3, -0.25) is 15.6 Å². The van der Waals surface area contributed by atoms with Crippen LogP contribution in [0, 0.1) is 0 Å². The predicted octanol–water partition coefficient (Wildman–Crippen LogP) is 2.00. The summed E-state index contributed by atoms with van der Waals surface area (Å²) in [6, 6.07) is 7.02. The molecule has 0 aliphatic rings. The van der Waals surface area contributed by atoms with Gasteiger partial charge in [0.05, 0.1) is 0 Å². The topological polar surface area (TPSA) is 114 Å². The number of nitrogens with zero attached hydrogens (tertiary/aromatic N) is 3. The zero-order valence-corrected chi connectivity index (χ0v) is 16.0. The van der Waals surface area contributed by atoms with Gasteiger partial charge in [-0.1, -0.05) is 35.0 Å². The molecule has 0 aliphatic heterocycles. The number of hydrogen-bond acceptors (Lipinski definition) is 7. The Balaban J connectivity index is 1.70. The molecule has 0 atom stereocenters. The molecule has 2 aromatic heterocycles. The lowest BCUT2D eigenvalue weighted by Crippen LogP contribution is -2.48. The van der Waals surface area contributed by atoms with Crippen LogP contribution in [-0.2, 0) is 4.79 Å². The number of hydrazine groups is 1. The normalized spacial score (nSPS) is 10.3. The number of ether oxygens (including phenoxy) is 1. The summed E-state index contributed by atoms with van der Waals surface area (Å²) in [6.07, 6.45) is 2.90. The van der Waals surface area contributed by atoms with Gasteiger partial charge >= 0.3 is 0 Å². The SMILES string of the molecule is C=CCNC(=S)NNC(=O)COc1ncnc2onc(-c3ccc(Cl)cc3)c12. The summed E-state index contributed by atoms with van der Waals surface area (Å²) in [5.74, 6) is -0.294. The summed E-state index contributed by atoms with van der Waals surface area (Å²) in [5.41, 5.74) is 6.42. The molecule has 0 bridgehead atoms. The zero-order valence-electron chi connectivity index (χ0n) is 14.4. The van der Waals surface area contributed by atoms with Crippen LogP contribution in [0.3, 0.4) is 0 Å². The Bertz CT molecular complexity index is 1010. The molecular weight excluding hydrogens is 404 g/mol. The van der Waals surface area contributed by atoms with E-state index in [0.717, 1.165) is 5.56 Å². The minimum absolute atomic E-state index is 0.165. The standard InChI is InChI=1S/C17H15ClN6O3S/c1-2-7-19-17(28)23-22-12(25)8-26-15-13-14(10-3-5-11(18)6-4-10)24-27-16(13)21-9-20-15/h2-6,9H,1,7-8H2,(H,22,25)(H2,19,23,28). The first-order valence-corrected chi connectivity index (χ1v) is 8.80. The highest BCUT2D eigenvalue weighted by Gasteiger charge is 2.18. The highest BCUT2D eigenvalue weighted by atomic mass is 35.5. The maximum atomic E-state index is 12.0. The average molecular weight is 419 g/mol. The number of fused-ring (bicyclic) bond motifs is 1. The molecule has 0 saturated carbocycles. The van der Waals surface area contributed by atoms with Crippen molar-refractivity contribution in [2.45, 2.75) is 0 Å². The van der Waals surface area contributed by atoms with Crippen LogP contribution in [-0.4, -0.2) is 39.3 Å². The Hall–Kier alpha value is -3.24. The average Bonchev–Trinajstić information content (AvgIpc) is 3.14. The number of rotatable bonds is 6. The van der Waals surface area contributed by atoms with E-state index in [-0.39, 0.29) is 23.3 Å². The van der Waals surface area contributed by atoms with Gasteiger partial charge in [-0.15, -0.1) is 6.58 Å². The molecule has 1 aromatic carbocycles. The Kier molecular flexibility index (Phi) is 6.35. The van der Waals surface area contributed by atoms with Crippen LogP contribution in [0.15, 0.2) is 47.8 Å². The van der Waals surface area contributed by atoms with Crippen molar-refractivity contribution < 1.29 is 14.1 Å². The first-order chi connectivity index (χ1) is 13.6. The van der Waals surface area contributed by atoms with E-state index < -0.39 is 5.91 Å². The molecule has 28 heavy (non-hydrogen) atoms. The highest BCUT2D eigenvalue weighted by Crippen LogP contribution is 2.32. The van der Waals surface area contributed by atoms with Crippen molar-refractivity contribution in [3.05, 3.63) is 48.3 Å². The summed E-state index contributed by atoms with van der Waals surface area (Å²) < 4.78 is 10.8. The molecule has 0 spiro atoms. The highest BCUT2D eigenvalue weighted by molar-refractivity contribution is 7.80. The zero-order chi connectivity index (χ0) is 19.9. The fraction of sp³-hybridized carbons (Fsp3) is 0.118. The van der Waals surface area contributed by atoms with E-state index in [0.29, 0.717) is 22.6 Å². The van der Waals surface area contributed by atoms with Crippen LogP contribution < -0.4 is 20.9 Å². The summed E-state index contributed by atoms with van der Waals surface area (Å²) in [4.78, 5) is 20.1. The lowest BCUT2D eigenvalue weighted by Gasteiger charge is -2.11. The summed E-state index contributed by atoms with van der Waals surface area (Å²) >= 11 is 10.9. The lowest BCUT2D eigenvalue weighted by molar-refractivity contribution is -0.123. The van der Waals surface area contributed by atoms with Gasteiger partial charge in [0.2, 0.25) is 5.88 Å². The Morgan fingerprint density at radius 2 is 2.07 bits per heavy atom. The van der Waals surface area contributed by atoms with Crippen molar-refractivity contribution in [1.29, 1.82) is 0 Å². The van der Waals surface area contributed by atoms with Crippen molar-refractivity contribution in [3.63, 3.8) is 0 Å². The van der Waals surface area contributed by atoms with Crippen molar-refractivity contribution in [2.24, 2.45) is 0 Å². The maximum Gasteiger partial charge on any atom is 0.276 e. The predicted molar refractivity (Wildman–Crippen MR) is 108 cm³/mol. The fourth-order valence-electron chi connectivity index (χ4n) is 2.18. The molecule has 144 valence electrons. The van der Waals surface area contributed by atoms with Crippen LogP contribution >= 0.6 is 23.8 Å². The number of hydrogen-bond donors (Lipinski definition) is 3. The number of nitrogens with one attached hydrogen (secondary N) is 3. The van der Waals surface area contributed by atoms with Gasteiger partial charge in [-0.05, 0) is 24.4 Å². The fourth-order valence-corrected chi connectivity index (χ4v) is 2.44. The molecule has 0 aliphatic carbocycles. The molecule has 0 radical (unpaired) electrons. The van der Waals surface area contributed by atoms with Crippen molar-refractivity contribution in [2.75, 3.05) is 13.2 Å². The van der Waals surface area contributed by atoms with Gasteiger partial charge < -0.3 is 14.6 Å². The van der Waals surface area contributed by atoms with Crippen LogP contribution in [0.25, 0.3) is 22.4 Å². The minimum Gasteiger partial charge on any atom is -0.467 e. The third kappa shape index (κ3) is 4.72. The molecule has 3 aromatic rings. The third-order valence-corrected chi connectivity index (χ3v) is 3.92. The molecule has 3 rings (SSSR count). The van der Waals surface area contributed by atoms with Gasteiger partial charge in [-0.2, -0.15) is 4.98 Å². The van der Waals surface area contributed by atoms with E-state index in [1.807, 2.05) is 0 Å². The molecule has 3 N–H and O–H groups in total. The number of aromatic nitrogens is 3. The number of benzene rings is 1. The first-order valence-electron chi connectivity index (χ1n) is 8.01. The largest absolute Gasteiger partial charge is 0.467 e. The van der Waals surface area contributed by atoms with Gasteiger partial charge in [0.25, 0.3) is 11.6 Å². The molecular formula is C17H15ClN6O3S. The Labute approximate surface area is 170 Å². The number of amides is 1. The third-order valence-electron chi connectivity index (χ3n) is 3.42. The van der Waals surface area contributed by atoms with Crippen molar-refractivity contribution >= 4 is 45.9 Å². The second-order valence-electron chi connectivity index (χ2n) is 5.36. The van der Waals surface area contributed by atoms with Gasteiger partial charge in [0, 0.05) is 17.1 Å². The van der Waals surface area contributed by atoms with E-state index in [9.17, 15) is 4.79 Å². The minimum atomic E-state index is -0.459. The number of thiocarbonyl (C=S) groups is 1. The lowest BCUT2D eigenvalue weighted by atomic mass is 10.1. The second kappa shape index (κ2) is 9.11. The van der Waals surface area contributed by atoms with E-state index in [1.54, 1.807) is 30.3 Å². The van der Waals surface area contributed by atoms with E-state index in [4.69, 9.17) is 33.1 Å². The van der Waals surface area contributed by atoms with Crippen molar-refractivity contribution in [1.82, 2.24) is 31.3 Å². The summed E-state index contributed by atoms with van der Waals surface area (Å²) in [7, 11) is 0. The molecule has 2 heterocycles. The molecule has 0 saturated heterocycles. The molecule has 0 fully saturated rings. The number of halogens is 1. The van der Waals surface area contributed by atoms with Crippen molar-refractivity contribution in [3.8, 4) is 17.1 Å². The van der Waals surface area contributed by atoms with Crippen LogP contribution in [0.2, 0.25) is 5.02 Å². The Morgan fingerprint density at radius 1 is 1.29 bits per heavy atom. The smallest absolute Gasteiger partial charge is 0.276 e. The second-order valence-corrected chi connectivity index (χ2v) is 6.20. The first kappa shape index (κ1) is 19.5. The van der Waals surface area contributed by atoms with E-state index in [2.05, 4.69) is 37.9 Å². The van der Waals surface area contributed by atoms with E-state index in [1.165, 1.54) is 6.33 Å². The molecule has 0 unspecified atom stereocenters. The van der Waals surface area contributed by atoms with Gasteiger partial charge in [-0.25, -0.2) is 4.98 Å². The maximum absolute atomic E-state index is 12.0. The molecule has 9 nitrogen and oxygen atoms in total. The summed E-state index contributed by atoms with van der Waals surface area (Å²) in [5, 5.41) is 8.13. The molecule has 1 amide bonds. The van der Waals surface area contributed by atoms with Crippen LogP contribution in [0.4, 0.5) is 0 Å². The van der Waals surface area contributed by atoms with Crippen LogP contribution in [0.5, 0.6) is 5.88 Å². The van der Waals surface area contributed by atoms with Crippen LogP contribution in [0.1, 0.15) is 0 Å².